The van der Waals surface area contributed by atoms with Crippen molar-refractivity contribution < 1.29 is 16.8 Å². The van der Waals surface area contributed by atoms with Crippen molar-refractivity contribution in [3.8, 4) is 0 Å². The van der Waals surface area contributed by atoms with E-state index >= 15 is 0 Å². The Hall–Kier alpha value is -1.54. The fraction of sp³-hybridized carbons (Fsp3) is 0.455. The molecule has 156 valence electrons. The van der Waals surface area contributed by atoms with E-state index in [4.69, 9.17) is 4.18 Å². The number of fused-ring (bicyclic) bond motifs is 1. The van der Waals surface area contributed by atoms with Gasteiger partial charge in [-0.2, -0.15) is 8.42 Å². The normalized spacial score (nSPS) is 25.0. The standard InChI is InChI=1S/C22H27NO4S2/c24-28-22-13-7-6-11-20(22)15-23(28)14-19-10-4-5-12-21(19)16-27-29(25,26)17-18-8-2-1-3-9-18/h1-3,6-9,11,13,19,21H,4-5,10,12,14-17H2. The van der Waals surface area contributed by atoms with Crippen LogP contribution in [0.3, 0.4) is 0 Å². The number of hydrogen-bond donors (Lipinski definition) is 0. The van der Waals surface area contributed by atoms with Crippen LogP contribution in [0.25, 0.3) is 0 Å². The maximum Gasteiger partial charge on any atom is 0.271 e. The Kier molecular flexibility index (Phi) is 6.49. The van der Waals surface area contributed by atoms with Gasteiger partial charge in [0.1, 0.15) is 16.7 Å². The first kappa shape index (κ1) is 20.7. The van der Waals surface area contributed by atoms with E-state index in [1.54, 1.807) is 12.1 Å². The van der Waals surface area contributed by atoms with Gasteiger partial charge < -0.3 is 0 Å². The summed E-state index contributed by atoms with van der Waals surface area (Å²) in [4.78, 5) is 0.904. The molecule has 3 unspecified atom stereocenters. The van der Waals surface area contributed by atoms with Gasteiger partial charge in [0.15, 0.2) is 0 Å². The topological polar surface area (TPSA) is 63.7 Å². The van der Waals surface area contributed by atoms with Gasteiger partial charge in [-0.25, -0.2) is 8.51 Å². The Balaban J connectivity index is 1.36. The summed E-state index contributed by atoms with van der Waals surface area (Å²) in [5.41, 5.74) is 1.86. The highest BCUT2D eigenvalue weighted by Crippen LogP contribution is 2.35. The fourth-order valence-electron chi connectivity index (χ4n) is 4.34. The molecule has 2 aliphatic rings. The van der Waals surface area contributed by atoms with Gasteiger partial charge in [0.25, 0.3) is 10.1 Å². The Morgan fingerprint density at radius 2 is 1.66 bits per heavy atom. The lowest BCUT2D eigenvalue weighted by Gasteiger charge is -2.33. The average Bonchev–Trinajstić information content (AvgIpc) is 3.04. The average molecular weight is 434 g/mol. The Labute approximate surface area is 175 Å². The van der Waals surface area contributed by atoms with Gasteiger partial charge in [-0.1, -0.05) is 61.4 Å². The third kappa shape index (κ3) is 5.15. The summed E-state index contributed by atoms with van der Waals surface area (Å²) in [6.45, 7) is 1.63. The van der Waals surface area contributed by atoms with E-state index < -0.39 is 21.1 Å². The smallest absolute Gasteiger partial charge is 0.270 e. The molecule has 3 atom stereocenters. The Morgan fingerprint density at radius 1 is 0.966 bits per heavy atom. The van der Waals surface area contributed by atoms with Crippen molar-refractivity contribution in [1.82, 2.24) is 4.31 Å². The molecule has 1 heterocycles. The molecule has 0 saturated heterocycles. The number of hydrogen-bond acceptors (Lipinski definition) is 4. The second kappa shape index (κ2) is 9.08. The van der Waals surface area contributed by atoms with Crippen LogP contribution in [0.4, 0.5) is 0 Å². The lowest BCUT2D eigenvalue weighted by atomic mass is 9.79. The van der Waals surface area contributed by atoms with Crippen LogP contribution >= 0.6 is 0 Å². The van der Waals surface area contributed by atoms with Crippen LogP contribution in [0.5, 0.6) is 0 Å². The molecule has 2 aromatic carbocycles. The first-order chi connectivity index (χ1) is 14.0. The van der Waals surface area contributed by atoms with Crippen molar-refractivity contribution in [3.63, 3.8) is 0 Å². The van der Waals surface area contributed by atoms with Crippen molar-refractivity contribution in [2.75, 3.05) is 13.2 Å². The molecule has 0 aromatic heterocycles. The van der Waals surface area contributed by atoms with E-state index in [0.29, 0.717) is 19.0 Å². The molecule has 1 aliphatic heterocycles. The van der Waals surface area contributed by atoms with Gasteiger partial charge in [-0.3, -0.25) is 4.18 Å². The summed E-state index contributed by atoms with van der Waals surface area (Å²) in [6, 6.07) is 17.0. The van der Waals surface area contributed by atoms with Gasteiger partial charge >= 0.3 is 0 Å². The van der Waals surface area contributed by atoms with Crippen LogP contribution < -0.4 is 0 Å². The zero-order valence-electron chi connectivity index (χ0n) is 16.4. The molecule has 7 heteroatoms. The Morgan fingerprint density at radius 3 is 2.41 bits per heavy atom. The molecule has 2 aromatic rings. The quantitative estimate of drug-likeness (QED) is 0.622. The molecular formula is C22H27NO4S2. The van der Waals surface area contributed by atoms with Gasteiger partial charge in [0.05, 0.1) is 11.5 Å². The first-order valence-electron chi connectivity index (χ1n) is 10.2. The zero-order chi connectivity index (χ0) is 20.3. The molecule has 1 aliphatic carbocycles. The number of nitrogens with zero attached hydrogens (tertiary/aromatic N) is 1. The van der Waals surface area contributed by atoms with Crippen LogP contribution in [0, 0.1) is 11.8 Å². The van der Waals surface area contributed by atoms with Gasteiger partial charge in [0, 0.05) is 13.1 Å². The molecule has 5 nitrogen and oxygen atoms in total. The van der Waals surface area contributed by atoms with Gasteiger partial charge in [-0.05, 0) is 41.9 Å². The summed E-state index contributed by atoms with van der Waals surface area (Å²) in [7, 11) is -4.74. The number of rotatable bonds is 7. The largest absolute Gasteiger partial charge is 0.271 e. The van der Waals surface area contributed by atoms with E-state index in [-0.39, 0.29) is 18.3 Å². The third-order valence-corrected chi connectivity index (χ3v) is 8.60. The fourth-order valence-corrected chi connectivity index (χ4v) is 6.82. The van der Waals surface area contributed by atoms with Crippen LogP contribution in [-0.2, 0) is 37.6 Å². The minimum Gasteiger partial charge on any atom is -0.270 e. The monoisotopic (exact) mass is 433 g/mol. The second-order valence-corrected chi connectivity index (χ2v) is 11.1. The summed E-state index contributed by atoms with van der Waals surface area (Å²) in [6.07, 6.45) is 4.20. The molecular weight excluding hydrogens is 406 g/mol. The minimum atomic E-state index is -3.61. The van der Waals surface area contributed by atoms with E-state index in [9.17, 15) is 12.6 Å². The van der Waals surface area contributed by atoms with Crippen LogP contribution in [-0.4, -0.2) is 30.1 Å². The van der Waals surface area contributed by atoms with Gasteiger partial charge in [0.2, 0.25) is 0 Å². The van der Waals surface area contributed by atoms with Crippen LogP contribution in [0.1, 0.15) is 36.8 Å². The van der Waals surface area contributed by atoms with E-state index in [0.717, 1.165) is 41.7 Å². The maximum atomic E-state index is 12.8. The highest BCUT2D eigenvalue weighted by molar-refractivity contribution is 7.85. The van der Waals surface area contributed by atoms with Crippen molar-refractivity contribution in [1.29, 1.82) is 0 Å². The zero-order valence-corrected chi connectivity index (χ0v) is 18.0. The third-order valence-electron chi connectivity index (χ3n) is 5.89. The van der Waals surface area contributed by atoms with Crippen molar-refractivity contribution in [2.24, 2.45) is 11.8 Å². The van der Waals surface area contributed by atoms with Crippen molar-refractivity contribution in [2.45, 2.75) is 42.9 Å². The molecule has 29 heavy (non-hydrogen) atoms. The van der Waals surface area contributed by atoms with Gasteiger partial charge in [-0.15, -0.1) is 0 Å². The SMILES string of the molecule is O=S1c2ccccc2CN1CC1CCCCC1COS(=O)(=O)Cc1ccccc1. The molecule has 1 fully saturated rings. The van der Waals surface area contributed by atoms with Crippen molar-refractivity contribution in [3.05, 3.63) is 65.7 Å². The lowest BCUT2D eigenvalue weighted by molar-refractivity contribution is 0.136. The molecule has 0 amide bonds. The summed E-state index contributed by atoms with van der Waals surface area (Å²) in [5.74, 6) is 0.375. The molecule has 0 bridgehead atoms. The molecule has 0 spiro atoms. The summed E-state index contributed by atoms with van der Waals surface area (Å²) < 4.78 is 45.1. The maximum absolute atomic E-state index is 12.8. The highest BCUT2D eigenvalue weighted by Gasteiger charge is 2.33. The molecule has 4 rings (SSSR count). The number of benzene rings is 2. The van der Waals surface area contributed by atoms with E-state index in [1.165, 1.54) is 0 Å². The van der Waals surface area contributed by atoms with Crippen LogP contribution in [0.15, 0.2) is 59.5 Å². The van der Waals surface area contributed by atoms with E-state index in [2.05, 4.69) is 0 Å². The lowest BCUT2D eigenvalue weighted by Crippen LogP contribution is -2.35. The molecule has 1 saturated carbocycles. The second-order valence-electron chi connectivity index (χ2n) is 7.96. The van der Waals surface area contributed by atoms with Crippen LogP contribution in [0.2, 0.25) is 0 Å². The molecule has 0 radical (unpaired) electrons. The minimum absolute atomic E-state index is 0.101. The predicted octanol–water partition coefficient (Wildman–Crippen LogP) is 3.88. The summed E-state index contributed by atoms with van der Waals surface area (Å²) in [5, 5.41) is 0. The van der Waals surface area contributed by atoms with E-state index in [1.807, 2.05) is 46.8 Å². The predicted molar refractivity (Wildman–Crippen MR) is 114 cm³/mol. The highest BCUT2D eigenvalue weighted by atomic mass is 32.2. The van der Waals surface area contributed by atoms with Crippen molar-refractivity contribution >= 4 is 21.1 Å². The Bertz CT molecular complexity index is 962. The molecule has 0 N–H and O–H groups in total. The first-order valence-corrected chi connectivity index (χ1v) is 12.9. The summed E-state index contributed by atoms with van der Waals surface area (Å²) >= 11 is 0.